The van der Waals surface area contributed by atoms with Gasteiger partial charge in [-0.05, 0) is 23.8 Å². The number of hydrogen-bond acceptors (Lipinski definition) is 2. The molecule has 0 aliphatic rings. The van der Waals surface area contributed by atoms with Crippen molar-refractivity contribution in [2.45, 2.75) is 0 Å². The Morgan fingerprint density at radius 2 is 1.81 bits per heavy atom. The minimum Gasteiger partial charge on any atom is -0.398 e. The Morgan fingerprint density at radius 3 is 2.56 bits per heavy atom. The molecule has 0 saturated heterocycles. The highest BCUT2D eigenvalue weighted by molar-refractivity contribution is 6.31. The Balaban J connectivity index is 2.66. The van der Waals surface area contributed by atoms with Crippen LogP contribution in [0, 0.1) is 0 Å². The number of aldehydes is 1. The number of carbonyl (C=O) groups excluding carboxylic acids is 1. The third-order valence-electron chi connectivity index (χ3n) is 2.39. The molecule has 0 amide bonds. The van der Waals surface area contributed by atoms with Gasteiger partial charge in [0.25, 0.3) is 0 Å². The summed E-state index contributed by atoms with van der Waals surface area (Å²) < 4.78 is 0. The molecule has 0 aliphatic carbocycles. The molecular formula is C13H10ClNO. The Morgan fingerprint density at radius 1 is 1.06 bits per heavy atom. The van der Waals surface area contributed by atoms with Crippen molar-refractivity contribution in [1.82, 2.24) is 0 Å². The number of anilines is 1. The van der Waals surface area contributed by atoms with E-state index in [-0.39, 0.29) is 0 Å². The van der Waals surface area contributed by atoms with Crippen molar-refractivity contribution in [3.8, 4) is 11.1 Å². The van der Waals surface area contributed by atoms with Crippen LogP contribution in [-0.2, 0) is 0 Å². The summed E-state index contributed by atoms with van der Waals surface area (Å²) in [5.74, 6) is 0. The van der Waals surface area contributed by atoms with Crippen molar-refractivity contribution in [3.05, 3.63) is 53.1 Å². The Kier molecular flexibility index (Phi) is 2.93. The van der Waals surface area contributed by atoms with Crippen molar-refractivity contribution in [2.75, 3.05) is 5.73 Å². The predicted molar refractivity (Wildman–Crippen MR) is 66.7 cm³/mol. The summed E-state index contributed by atoms with van der Waals surface area (Å²) in [6, 6.07) is 12.5. The van der Waals surface area contributed by atoms with Crippen LogP contribution in [0.3, 0.4) is 0 Å². The molecule has 0 fully saturated rings. The third kappa shape index (κ3) is 1.92. The van der Waals surface area contributed by atoms with Gasteiger partial charge in [-0.2, -0.15) is 0 Å². The van der Waals surface area contributed by atoms with Gasteiger partial charge in [0.15, 0.2) is 6.29 Å². The highest BCUT2D eigenvalue weighted by Crippen LogP contribution is 2.30. The lowest BCUT2D eigenvalue weighted by Crippen LogP contribution is -1.93. The predicted octanol–water partition coefficient (Wildman–Crippen LogP) is 3.40. The number of nitrogens with two attached hydrogens (primary N) is 1. The molecule has 0 bridgehead atoms. The molecular weight excluding hydrogens is 222 g/mol. The van der Waals surface area contributed by atoms with E-state index in [0.29, 0.717) is 16.3 Å². The van der Waals surface area contributed by atoms with Gasteiger partial charge in [-0.25, -0.2) is 0 Å². The minimum atomic E-state index is 0.602. The van der Waals surface area contributed by atoms with Crippen LogP contribution in [0.25, 0.3) is 11.1 Å². The van der Waals surface area contributed by atoms with Gasteiger partial charge in [0.05, 0.1) is 0 Å². The van der Waals surface area contributed by atoms with Gasteiger partial charge in [-0.15, -0.1) is 0 Å². The van der Waals surface area contributed by atoms with Gasteiger partial charge < -0.3 is 5.73 Å². The summed E-state index contributed by atoms with van der Waals surface area (Å²) in [5.41, 5.74) is 8.68. The molecule has 2 aromatic carbocycles. The van der Waals surface area contributed by atoms with Gasteiger partial charge in [0, 0.05) is 21.8 Å². The molecule has 3 heteroatoms. The van der Waals surface area contributed by atoms with Crippen LogP contribution in [0.1, 0.15) is 10.4 Å². The first-order valence-electron chi connectivity index (χ1n) is 4.82. The normalized spacial score (nSPS) is 10.1. The first-order chi connectivity index (χ1) is 7.72. The summed E-state index contributed by atoms with van der Waals surface area (Å²) in [5, 5.41) is 0.602. The van der Waals surface area contributed by atoms with E-state index in [2.05, 4.69) is 0 Å². The van der Waals surface area contributed by atoms with Crippen LogP contribution < -0.4 is 5.73 Å². The fourth-order valence-corrected chi connectivity index (χ4v) is 1.78. The van der Waals surface area contributed by atoms with Crippen molar-refractivity contribution in [3.63, 3.8) is 0 Å². The standard InChI is InChI=1S/C13H10ClNO/c14-10-5-6-13(15)12(7-10)11-4-2-1-3-9(11)8-16/h1-8H,15H2. The van der Waals surface area contributed by atoms with E-state index in [4.69, 9.17) is 17.3 Å². The minimum absolute atomic E-state index is 0.602. The van der Waals surface area contributed by atoms with E-state index in [1.54, 1.807) is 24.3 Å². The van der Waals surface area contributed by atoms with Crippen LogP contribution in [-0.4, -0.2) is 6.29 Å². The maximum atomic E-state index is 10.9. The summed E-state index contributed by atoms with van der Waals surface area (Å²) in [6.07, 6.45) is 0.815. The number of halogens is 1. The monoisotopic (exact) mass is 231 g/mol. The second-order valence-corrected chi connectivity index (χ2v) is 3.87. The number of rotatable bonds is 2. The molecule has 0 aliphatic heterocycles. The fraction of sp³-hybridized carbons (Fsp3) is 0. The molecule has 0 spiro atoms. The van der Waals surface area contributed by atoms with Crippen LogP contribution in [0.4, 0.5) is 5.69 Å². The Labute approximate surface area is 98.7 Å². The van der Waals surface area contributed by atoms with E-state index in [1.165, 1.54) is 0 Å². The summed E-state index contributed by atoms with van der Waals surface area (Å²) >= 11 is 5.92. The zero-order valence-corrected chi connectivity index (χ0v) is 9.24. The number of benzene rings is 2. The third-order valence-corrected chi connectivity index (χ3v) is 2.63. The topological polar surface area (TPSA) is 43.1 Å². The molecule has 0 heterocycles. The Hall–Kier alpha value is -1.80. The number of carbonyl (C=O) groups is 1. The SMILES string of the molecule is Nc1ccc(Cl)cc1-c1ccccc1C=O. The lowest BCUT2D eigenvalue weighted by Gasteiger charge is -2.08. The molecule has 2 nitrogen and oxygen atoms in total. The summed E-state index contributed by atoms with van der Waals surface area (Å²) in [7, 11) is 0. The molecule has 2 aromatic rings. The quantitative estimate of drug-likeness (QED) is 0.636. The largest absolute Gasteiger partial charge is 0.398 e. The van der Waals surface area contributed by atoms with Gasteiger partial charge in [0.1, 0.15) is 0 Å². The molecule has 16 heavy (non-hydrogen) atoms. The van der Waals surface area contributed by atoms with Crippen LogP contribution in [0.15, 0.2) is 42.5 Å². The molecule has 0 unspecified atom stereocenters. The van der Waals surface area contributed by atoms with E-state index in [1.807, 2.05) is 18.2 Å². The van der Waals surface area contributed by atoms with Crippen LogP contribution in [0.5, 0.6) is 0 Å². The maximum Gasteiger partial charge on any atom is 0.150 e. The van der Waals surface area contributed by atoms with Gasteiger partial charge in [-0.3, -0.25) is 4.79 Å². The molecule has 80 valence electrons. The van der Waals surface area contributed by atoms with Crippen molar-refractivity contribution < 1.29 is 4.79 Å². The smallest absolute Gasteiger partial charge is 0.150 e. The zero-order valence-electron chi connectivity index (χ0n) is 8.48. The van der Waals surface area contributed by atoms with E-state index >= 15 is 0 Å². The molecule has 0 radical (unpaired) electrons. The van der Waals surface area contributed by atoms with Gasteiger partial charge in [0.2, 0.25) is 0 Å². The van der Waals surface area contributed by atoms with E-state index in [9.17, 15) is 4.79 Å². The average Bonchev–Trinajstić information content (AvgIpc) is 2.32. The molecule has 2 rings (SSSR count). The van der Waals surface area contributed by atoms with E-state index in [0.717, 1.165) is 17.4 Å². The molecule has 0 atom stereocenters. The van der Waals surface area contributed by atoms with Crippen molar-refractivity contribution in [1.29, 1.82) is 0 Å². The van der Waals surface area contributed by atoms with Crippen LogP contribution in [0.2, 0.25) is 5.02 Å². The fourth-order valence-electron chi connectivity index (χ4n) is 1.61. The van der Waals surface area contributed by atoms with Gasteiger partial charge >= 0.3 is 0 Å². The van der Waals surface area contributed by atoms with Crippen molar-refractivity contribution >= 4 is 23.6 Å². The first kappa shape index (κ1) is 10.7. The molecule has 0 saturated carbocycles. The zero-order chi connectivity index (χ0) is 11.5. The number of nitrogen functional groups attached to an aromatic ring is 1. The average molecular weight is 232 g/mol. The highest BCUT2D eigenvalue weighted by atomic mass is 35.5. The van der Waals surface area contributed by atoms with Crippen molar-refractivity contribution in [2.24, 2.45) is 0 Å². The maximum absolute atomic E-state index is 10.9. The first-order valence-corrected chi connectivity index (χ1v) is 5.20. The lowest BCUT2D eigenvalue weighted by molar-refractivity contribution is 0.112. The number of hydrogen-bond donors (Lipinski definition) is 1. The summed E-state index contributed by atoms with van der Waals surface area (Å²) in [4.78, 5) is 10.9. The van der Waals surface area contributed by atoms with E-state index < -0.39 is 0 Å². The highest BCUT2D eigenvalue weighted by Gasteiger charge is 2.07. The lowest BCUT2D eigenvalue weighted by atomic mass is 9.99. The second-order valence-electron chi connectivity index (χ2n) is 3.44. The molecule has 0 aromatic heterocycles. The second kappa shape index (κ2) is 4.37. The van der Waals surface area contributed by atoms with Crippen LogP contribution >= 0.6 is 11.6 Å². The Bertz CT molecular complexity index is 537. The van der Waals surface area contributed by atoms with Gasteiger partial charge in [-0.1, -0.05) is 35.9 Å². The molecule has 2 N–H and O–H groups in total. The summed E-state index contributed by atoms with van der Waals surface area (Å²) in [6.45, 7) is 0.